The van der Waals surface area contributed by atoms with Crippen molar-refractivity contribution in [3.63, 3.8) is 0 Å². The lowest BCUT2D eigenvalue weighted by atomic mass is 10.1. The Morgan fingerprint density at radius 3 is 2.92 bits per heavy atom. The van der Waals surface area contributed by atoms with Crippen molar-refractivity contribution in [3.8, 4) is 0 Å². The van der Waals surface area contributed by atoms with Crippen LogP contribution >= 0.6 is 23.1 Å². The van der Waals surface area contributed by atoms with E-state index in [-0.39, 0.29) is 11.5 Å². The van der Waals surface area contributed by atoms with Crippen molar-refractivity contribution in [2.24, 2.45) is 0 Å². The number of amides is 1. The fraction of sp³-hybridized carbons (Fsp3) is 0.294. The molecule has 130 valence electrons. The fourth-order valence-corrected chi connectivity index (χ4v) is 3.83. The van der Waals surface area contributed by atoms with E-state index in [9.17, 15) is 9.59 Å². The summed E-state index contributed by atoms with van der Waals surface area (Å²) >= 11 is 2.81. The van der Waals surface area contributed by atoms with Gasteiger partial charge in [0.2, 0.25) is 10.9 Å². The highest BCUT2D eigenvalue weighted by Crippen LogP contribution is 2.19. The second kappa shape index (κ2) is 7.37. The summed E-state index contributed by atoms with van der Waals surface area (Å²) in [5, 5.41) is 7.84. The molecular formula is C17H18N4O2S2. The normalized spacial score (nSPS) is 11.0. The van der Waals surface area contributed by atoms with Crippen molar-refractivity contribution in [3.05, 3.63) is 56.4 Å². The summed E-state index contributed by atoms with van der Waals surface area (Å²) < 4.78 is 1.31. The van der Waals surface area contributed by atoms with Crippen molar-refractivity contribution >= 4 is 39.7 Å². The summed E-state index contributed by atoms with van der Waals surface area (Å²) in [5.74, 6) is 0.740. The number of carbonyl (C=O) groups is 1. The van der Waals surface area contributed by atoms with Crippen LogP contribution in [0.4, 0.5) is 5.69 Å². The Morgan fingerprint density at radius 2 is 2.12 bits per heavy atom. The average Bonchev–Trinajstić information content (AvgIpc) is 2.93. The zero-order valence-electron chi connectivity index (χ0n) is 14.2. The number of nitrogens with zero attached hydrogens (tertiary/aromatic N) is 3. The van der Waals surface area contributed by atoms with E-state index in [1.807, 2.05) is 39.0 Å². The molecule has 8 heteroatoms. The first kappa shape index (κ1) is 17.6. The Balaban J connectivity index is 1.60. The van der Waals surface area contributed by atoms with Gasteiger partial charge in [-0.25, -0.2) is 4.98 Å². The Kier molecular flexibility index (Phi) is 5.19. The maximum Gasteiger partial charge on any atom is 0.275 e. The van der Waals surface area contributed by atoms with Crippen LogP contribution in [0.5, 0.6) is 0 Å². The zero-order chi connectivity index (χ0) is 18.0. The topological polar surface area (TPSA) is 76.4 Å². The summed E-state index contributed by atoms with van der Waals surface area (Å²) in [6.45, 7) is 5.84. The monoisotopic (exact) mass is 374 g/mol. The molecule has 0 saturated carbocycles. The van der Waals surface area contributed by atoms with Gasteiger partial charge in [0.05, 0.1) is 11.4 Å². The standard InChI is InChI=1S/C17H18N4O2S2/c1-10-5-4-6-14(11(10)2)19-15(22)9-24-8-13-7-16(23)21-17(18-13)25-12(3)20-21/h4-7H,8-9H2,1-3H3,(H,19,22). The molecule has 3 rings (SSSR count). The van der Waals surface area contributed by atoms with Crippen molar-refractivity contribution < 1.29 is 4.79 Å². The molecule has 1 N–H and O–H groups in total. The predicted molar refractivity (Wildman–Crippen MR) is 103 cm³/mol. The quantitative estimate of drug-likeness (QED) is 0.743. The molecule has 0 atom stereocenters. The molecule has 25 heavy (non-hydrogen) atoms. The third kappa shape index (κ3) is 4.08. The molecule has 0 aliphatic heterocycles. The summed E-state index contributed by atoms with van der Waals surface area (Å²) in [6, 6.07) is 7.31. The van der Waals surface area contributed by atoms with E-state index in [4.69, 9.17) is 0 Å². The largest absolute Gasteiger partial charge is 0.325 e. The van der Waals surface area contributed by atoms with Crippen LogP contribution in [0.15, 0.2) is 29.1 Å². The third-order valence-corrected chi connectivity index (χ3v) is 5.55. The van der Waals surface area contributed by atoms with Gasteiger partial charge in [-0.2, -0.15) is 9.61 Å². The summed E-state index contributed by atoms with van der Waals surface area (Å²) in [6.07, 6.45) is 0. The summed E-state index contributed by atoms with van der Waals surface area (Å²) in [4.78, 5) is 29.1. The second-order valence-corrected chi connectivity index (χ2v) is 7.84. The van der Waals surface area contributed by atoms with Crippen LogP contribution in [-0.2, 0) is 10.5 Å². The molecule has 6 nitrogen and oxygen atoms in total. The first-order valence-electron chi connectivity index (χ1n) is 7.74. The molecule has 0 fully saturated rings. The van der Waals surface area contributed by atoms with E-state index < -0.39 is 0 Å². The number of anilines is 1. The number of thioether (sulfide) groups is 1. The first-order chi connectivity index (χ1) is 11.9. The van der Waals surface area contributed by atoms with Gasteiger partial charge in [0.1, 0.15) is 5.01 Å². The highest BCUT2D eigenvalue weighted by Gasteiger charge is 2.09. The molecule has 2 aromatic heterocycles. The van der Waals surface area contributed by atoms with E-state index in [1.54, 1.807) is 0 Å². The van der Waals surface area contributed by atoms with Gasteiger partial charge in [-0.3, -0.25) is 9.59 Å². The smallest absolute Gasteiger partial charge is 0.275 e. The highest BCUT2D eigenvalue weighted by atomic mass is 32.2. The number of hydrogen-bond acceptors (Lipinski definition) is 6. The van der Waals surface area contributed by atoms with Crippen LogP contribution in [0.1, 0.15) is 21.8 Å². The first-order valence-corrected chi connectivity index (χ1v) is 9.71. The highest BCUT2D eigenvalue weighted by molar-refractivity contribution is 7.99. The number of carbonyl (C=O) groups excluding carboxylic acids is 1. The maximum absolute atomic E-state index is 12.1. The van der Waals surface area contributed by atoms with Crippen LogP contribution in [-0.4, -0.2) is 26.3 Å². The number of benzene rings is 1. The predicted octanol–water partition coefficient (Wildman–Crippen LogP) is 2.95. The minimum absolute atomic E-state index is 0.0647. The third-order valence-electron chi connectivity index (χ3n) is 3.76. The fourth-order valence-electron chi connectivity index (χ4n) is 2.35. The molecule has 1 amide bonds. The Hall–Kier alpha value is -2.19. The van der Waals surface area contributed by atoms with E-state index >= 15 is 0 Å². The number of aryl methyl sites for hydroxylation is 2. The molecule has 0 radical (unpaired) electrons. The lowest BCUT2D eigenvalue weighted by Crippen LogP contribution is -2.16. The second-order valence-electron chi connectivity index (χ2n) is 5.69. The number of rotatable bonds is 5. The molecule has 0 aliphatic carbocycles. The number of aromatic nitrogens is 3. The lowest BCUT2D eigenvalue weighted by molar-refractivity contribution is -0.113. The average molecular weight is 374 g/mol. The molecule has 0 unspecified atom stereocenters. The van der Waals surface area contributed by atoms with E-state index in [2.05, 4.69) is 15.4 Å². The van der Waals surface area contributed by atoms with Crippen molar-refractivity contribution in [2.75, 3.05) is 11.1 Å². The minimum Gasteiger partial charge on any atom is -0.325 e. The van der Waals surface area contributed by atoms with Crippen molar-refractivity contribution in [2.45, 2.75) is 26.5 Å². The molecule has 2 heterocycles. The van der Waals surface area contributed by atoms with Crippen molar-refractivity contribution in [1.82, 2.24) is 14.6 Å². The number of fused-ring (bicyclic) bond motifs is 1. The summed E-state index contributed by atoms with van der Waals surface area (Å²) in [7, 11) is 0. The van der Waals surface area contributed by atoms with Crippen LogP contribution in [0.3, 0.4) is 0 Å². The van der Waals surface area contributed by atoms with Gasteiger partial charge < -0.3 is 5.32 Å². The molecule has 0 spiro atoms. The van der Waals surface area contributed by atoms with Gasteiger partial charge in [-0.05, 0) is 38.0 Å². The van der Waals surface area contributed by atoms with Gasteiger partial charge in [-0.15, -0.1) is 11.8 Å². The van der Waals surface area contributed by atoms with Gasteiger partial charge in [-0.1, -0.05) is 23.5 Å². The lowest BCUT2D eigenvalue weighted by Gasteiger charge is -2.10. The van der Waals surface area contributed by atoms with Gasteiger partial charge >= 0.3 is 0 Å². The molecule has 0 bridgehead atoms. The van der Waals surface area contributed by atoms with Crippen LogP contribution < -0.4 is 10.9 Å². The zero-order valence-corrected chi connectivity index (χ0v) is 15.8. The molecule has 1 aromatic carbocycles. The van der Waals surface area contributed by atoms with Crippen LogP contribution in [0.25, 0.3) is 4.96 Å². The van der Waals surface area contributed by atoms with Crippen LogP contribution in [0, 0.1) is 20.8 Å². The van der Waals surface area contributed by atoms with Gasteiger partial charge in [0.15, 0.2) is 0 Å². The SMILES string of the molecule is Cc1nn2c(=O)cc(CSCC(=O)Nc3cccc(C)c3C)nc2s1. The van der Waals surface area contributed by atoms with Crippen LogP contribution in [0.2, 0.25) is 0 Å². The number of hydrogen-bond donors (Lipinski definition) is 1. The molecule has 0 aliphatic rings. The summed E-state index contributed by atoms with van der Waals surface area (Å²) in [5.41, 5.74) is 3.52. The minimum atomic E-state index is -0.190. The molecular weight excluding hydrogens is 356 g/mol. The van der Waals surface area contributed by atoms with Crippen molar-refractivity contribution in [1.29, 1.82) is 0 Å². The molecule has 0 saturated heterocycles. The van der Waals surface area contributed by atoms with Gasteiger partial charge in [0, 0.05) is 17.5 Å². The van der Waals surface area contributed by atoms with Gasteiger partial charge in [0.25, 0.3) is 5.56 Å². The Morgan fingerprint density at radius 1 is 1.32 bits per heavy atom. The Bertz CT molecular complexity index is 994. The Labute approximate surface area is 153 Å². The van der Waals surface area contributed by atoms with E-state index in [0.29, 0.717) is 22.2 Å². The van der Waals surface area contributed by atoms with E-state index in [1.165, 1.54) is 33.7 Å². The van der Waals surface area contributed by atoms with E-state index in [0.717, 1.165) is 21.8 Å². The maximum atomic E-state index is 12.1. The number of nitrogens with one attached hydrogen (secondary N) is 1. The molecule has 3 aromatic rings.